The fraction of sp³-hybridized carbons (Fsp3) is 0.818. The lowest BCUT2D eigenvalue weighted by atomic mass is 10.4. The first kappa shape index (κ1) is 11.7. The first-order chi connectivity index (χ1) is 6.88. The topological polar surface area (TPSA) is 24.5 Å². The maximum absolute atomic E-state index is 4.96. The van der Waals surface area contributed by atoms with Gasteiger partial charge in [0, 0.05) is 39.3 Å². The number of hydrogen-bond donors (Lipinski definition) is 1. The fourth-order valence-corrected chi connectivity index (χ4v) is 1.55. The van der Waals surface area contributed by atoms with Gasteiger partial charge < -0.3 is 10.1 Å². The molecular formula is C11H22N2O. The predicted octanol–water partition coefficient (Wildman–Crippen LogP) is 0.873. The Bertz CT molecular complexity index is 157. The summed E-state index contributed by atoms with van der Waals surface area (Å²) in [6.45, 7) is 8.73. The molecule has 0 aliphatic heterocycles. The normalized spacial score (nSPS) is 16.1. The van der Waals surface area contributed by atoms with Crippen LogP contribution >= 0.6 is 0 Å². The quantitative estimate of drug-likeness (QED) is 0.439. The van der Waals surface area contributed by atoms with Crippen molar-refractivity contribution in [3.63, 3.8) is 0 Å². The van der Waals surface area contributed by atoms with Gasteiger partial charge in [-0.2, -0.15) is 0 Å². The Hall–Kier alpha value is -0.380. The van der Waals surface area contributed by atoms with Crippen molar-refractivity contribution in [2.24, 2.45) is 0 Å². The van der Waals surface area contributed by atoms with E-state index in [1.165, 1.54) is 12.8 Å². The van der Waals surface area contributed by atoms with E-state index >= 15 is 0 Å². The molecular weight excluding hydrogens is 176 g/mol. The molecule has 0 aromatic heterocycles. The smallest absolute Gasteiger partial charge is 0.0587 e. The van der Waals surface area contributed by atoms with E-state index in [4.69, 9.17) is 4.74 Å². The lowest BCUT2D eigenvalue weighted by Gasteiger charge is -2.20. The third-order valence-corrected chi connectivity index (χ3v) is 2.49. The van der Waals surface area contributed by atoms with Crippen molar-refractivity contribution in [1.29, 1.82) is 0 Å². The van der Waals surface area contributed by atoms with Gasteiger partial charge in [-0.25, -0.2) is 0 Å². The number of methoxy groups -OCH3 is 1. The van der Waals surface area contributed by atoms with Gasteiger partial charge in [-0.15, -0.1) is 6.58 Å². The molecule has 1 N–H and O–H groups in total. The van der Waals surface area contributed by atoms with Crippen LogP contribution in [0.3, 0.4) is 0 Å². The number of nitrogens with zero attached hydrogens (tertiary/aromatic N) is 1. The average molecular weight is 198 g/mol. The summed E-state index contributed by atoms with van der Waals surface area (Å²) in [5, 5.41) is 3.36. The van der Waals surface area contributed by atoms with Crippen LogP contribution in [0.15, 0.2) is 12.7 Å². The molecule has 3 nitrogen and oxygen atoms in total. The zero-order valence-corrected chi connectivity index (χ0v) is 9.17. The van der Waals surface area contributed by atoms with Gasteiger partial charge in [-0.1, -0.05) is 6.08 Å². The van der Waals surface area contributed by atoms with Gasteiger partial charge in [0.15, 0.2) is 0 Å². The molecule has 0 saturated heterocycles. The van der Waals surface area contributed by atoms with Gasteiger partial charge in [0.25, 0.3) is 0 Å². The minimum atomic E-state index is 0.797. The lowest BCUT2D eigenvalue weighted by molar-refractivity contribution is 0.197. The highest BCUT2D eigenvalue weighted by Gasteiger charge is 2.27. The van der Waals surface area contributed by atoms with E-state index in [1.54, 1.807) is 7.11 Å². The molecule has 0 atom stereocenters. The van der Waals surface area contributed by atoms with Crippen LogP contribution in [0.5, 0.6) is 0 Å². The number of nitrogens with one attached hydrogen (secondary N) is 1. The van der Waals surface area contributed by atoms with E-state index in [-0.39, 0.29) is 0 Å². The van der Waals surface area contributed by atoms with Gasteiger partial charge in [0.05, 0.1) is 6.61 Å². The monoisotopic (exact) mass is 198 g/mol. The van der Waals surface area contributed by atoms with Crippen molar-refractivity contribution in [2.45, 2.75) is 18.9 Å². The highest BCUT2D eigenvalue weighted by Crippen LogP contribution is 2.25. The summed E-state index contributed by atoms with van der Waals surface area (Å²) < 4.78 is 4.96. The molecule has 1 fully saturated rings. The van der Waals surface area contributed by atoms with Gasteiger partial charge in [-0.3, -0.25) is 4.90 Å². The summed E-state index contributed by atoms with van der Waals surface area (Å²) >= 11 is 0. The lowest BCUT2D eigenvalue weighted by Crippen LogP contribution is -2.34. The molecule has 0 spiro atoms. The van der Waals surface area contributed by atoms with Gasteiger partial charge in [0.2, 0.25) is 0 Å². The minimum Gasteiger partial charge on any atom is -0.383 e. The molecule has 1 aliphatic carbocycles. The second kappa shape index (κ2) is 6.98. The molecule has 0 unspecified atom stereocenters. The Balaban J connectivity index is 1.98. The van der Waals surface area contributed by atoms with Crippen LogP contribution < -0.4 is 5.32 Å². The second-order valence-corrected chi connectivity index (χ2v) is 3.76. The van der Waals surface area contributed by atoms with Crippen molar-refractivity contribution < 1.29 is 4.74 Å². The molecule has 1 rings (SSSR count). The standard InChI is InChI=1S/C11H22N2O/c1-3-8-13(11-4-5-11)9-6-12-7-10-14-2/h3,11-12H,1,4-10H2,2H3. The Morgan fingerprint density at radius 1 is 1.50 bits per heavy atom. The number of hydrogen-bond acceptors (Lipinski definition) is 3. The van der Waals surface area contributed by atoms with Gasteiger partial charge >= 0.3 is 0 Å². The van der Waals surface area contributed by atoms with Crippen LogP contribution in [0.4, 0.5) is 0 Å². The molecule has 0 radical (unpaired) electrons. The molecule has 0 heterocycles. The SMILES string of the molecule is C=CCN(CCNCCOC)C1CC1. The zero-order valence-electron chi connectivity index (χ0n) is 9.17. The number of ether oxygens (including phenoxy) is 1. The van der Waals surface area contributed by atoms with E-state index in [0.29, 0.717) is 0 Å². The molecule has 0 amide bonds. The summed E-state index contributed by atoms with van der Waals surface area (Å²) in [5.74, 6) is 0. The second-order valence-electron chi connectivity index (χ2n) is 3.76. The van der Waals surface area contributed by atoms with Crippen molar-refractivity contribution in [3.05, 3.63) is 12.7 Å². The minimum absolute atomic E-state index is 0.797. The van der Waals surface area contributed by atoms with E-state index in [1.807, 2.05) is 6.08 Å². The Labute approximate surface area is 87.1 Å². The van der Waals surface area contributed by atoms with Crippen LogP contribution in [0.2, 0.25) is 0 Å². The van der Waals surface area contributed by atoms with Crippen LogP contribution in [-0.4, -0.2) is 50.8 Å². The molecule has 0 bridgehead atoms. The predicted molar refractivity (Wildman–Crippen MR) is 59.5 cm³/mol. The molecule has 1 saturated carbocycles. The summed E-state index contributed by atoms with van der Waals surface area (Å²) in [6.07, 6.45) is 4.73. The van der Waals surface area contributed by atoms with Crippen LogP contribution in [-0.2, 0) is 4.74 Å². The third kappa shape index (κ3) is 4.74. The van der Waals surface area contributed by atoms with Crippen molar-refractivity contribution in [2.75, 3.05) is 39.9 Å². The molecule has 0 aromatic rings. The average Bonchev–Trinajstić information content (AvgIpc) is 2.99. The molecule has 82 valence electrons. The first-order valence-electron chi connectivity index (χ1n) is 5.43. The van der Waals surface area contributed by atoms with Crippen LogP contribution in [0.25, 0.3) is 0 Å². The zero-order chi connectivity index (χ0) is 10.2. The third-order valence-electron chi connectivity index (χ3n) is 2.49. The Kier molecular flexibility index (Phi) is 5.83. The van der Waals surface area contributed by atoms with Gasteiger partial charge in [-0.05, 0) is 12.8 Å². The summed E-state index contributed by atoms with van der Waals surface area (Å²) in [7, 11) is 1.73. The van der Waals surface area contributed by atoms with E-state index in [0.717, 1.165) is 38.8 Å². The Morgan fingerprint density at radius 3 is 2.86 bits per heavy atom. The van der Waals surface area contributed by atoms with Gasteiger partial charge in [0.1, 0.15) is 0 Å². The van der Waals surface area contributed by atoms with Crippen LogP contribution in [0.1, 0.15) is 12.8 Å². The van der Waals surface area contributed by atoms with Crippen molar-refractivity contribution in [3.8, 4) is 0 Å². The summed E-state index contributed by atoms with van der Waals surface area (Å²) in [4.78, 5) is 2.49. The van der Waals surface area contributed by atoms with E-state index in [2.05, 4.69) is 16.8 Å². The highest BCUT2D eigenvalue weighted by atomic mass is 16.5. The van der Waals surface area contributed by atoms with Crippen molar-refractivity contribution >= 4 is 0 Å². The maximum Gasteiger partial charge on any atom is 0.0587 e. The van der Waals surface area contributed by atoms with Crippen LogP contribution in [0, 0.1) is 0 Å². The highest BCUT2D eigenvalue weighted by molar-refractivity contribution is 4.88. The molecule has 1 aliphatic rings. The summed E-state index contributed by atoms with van der Waals surface area (Å²) in [6, 6.07) is 0.831. The fourth-order valence-electron chi connectivity index (χ4n) is 1.55. The first-order valence-corrected chi connectivity index (χ1v) is 5.43. The number of rotatable bonds is 9. The molecule has 3 heteroatoms. The maximum atomic E-state index is 4.96. The van der Waals surface area contributed by atoms with E-state index < -0.39 is 0 Å². The van der Waals surface area contributed by atoms with E-state index in [9.17, 15) is 0 Å². The summed E-state index contributed by atoms with van der Waals surface area (Å²) in [5.41, 5.74) is 0. The van der Waals surface area contributed by atoms with Crippen molar-refractivity contribution in [1.82, 2.24) is 10.2 Å². The molecule has 0 aromatic carbocycles. The largest absolute Gasteiger partial charge is 0.383 e. The molecule has 14 heavy (non-hydrogen) atoms. The Morgan fingerprint density at radius 2 is 2.29 bits per heavy atom.